The summed E-state index contributed by atoms with van der Waals surface area (Å²) in [7, 11) is 1.58. The standard InChI is InChI=1S/C18H22FN5O2/c1-26-11-6-20-18(25)16-12-17(22-13-21-16)24-9-7-23(8-10-24)15-4-2-14(19)3-5-15/h2-5,12-13H,6-11H2,1H3,(H,20,25). The molecule has 1 saturated heterocycles. The first kappa shape index (κ1) is 18.1. The first-order valence-electron chi connectivity index (χ1n) is 8.52. The molecule has 2 aromatic rings. The Kier molecular flexibility index (Phi) is 5.96. The van der Waals surface area contributed by atoms with Crippen LogP contribution in [0.2, 0.25) is 0 Å². The number of ether oxygens (including phenoxy) is 1. The molecule has 8 heteroatoms. The number of aromatic nitrogens is 2. The summed E-state index contributed by atoms with van der Waals surface area (Å²) >= 11 is 0. The zero-order valence-electron chi connectivity index (χ0n) is 14.7. The van der Waals surface area contributed by atoms with Crippen LogP contribution in [0.25, 0.3) is 0 Å². The van der Waals surface area contributed by atoms with E-state index in [1.54, 1.807) is 25.3 Å². The minimum absolute atomic E-state index is 0.232. The molecule has 2 heterocycles. The van der Waals surface area contributed by atoms with Crippen LogP contribution in [0.4, 0.5) is 15.9 Å². The van der Waals surface area contributed by atoms with Crippen molar-refractivity contribution in [1.82, 2.24) is 15.3 Å². The van der Waals surface area contributed by atoms with Crippen LogP contribution < -0.4 is 15.1 Å². The molecule has 1 fully saturated rings. The van der Waals surface area contributed by atoms with Crippen molar-refractivity contribution in [3.63, 3.8) is 0 Å². The maximum atomic E-state index is 13.1. The highest BCUT2D eigenvalue weighted by Crippen LogP contribution is 2.19. The van der Waals surface area contributed by atoms with E-state index in [0.717, 1.165) is 37.7 Å². The topological polar surface area (TPSA) is 70.6 Å². The van der Waals surface area contributed by atoms with Crippen LogP contribution >= 0.6 is 0 Å². The third-order valence-electron chi connectivity index (χ3n) is 4.27. The van der Waals surface area contributed by atoms with Gasteiger partial charge in [0.25, 0.3) is 5.91 Å². The summed E-state index contributed by atoms with van der Waals surface area (Å²) in [6, 6.07) is 8.23. The van der Waals surface area contributed by atoms with Crippen molar-refractivity contribution in [2.75, 3.05) is 56.2 Å². The number of halogens is 1. The zero-order chi connectivity index (χ0) is 18.4. The predicted octanol–water partition coefficient (Wildman–Crippen LogP) is 1.32. The fourth-order valence-corrected chi connectivity index (χ4v) is 2.85. The third kappa shape index (κ3) is 4.45. The van der Waals surface area contributed by atoms with E-state index in [1.165, 1.54) is 18.5 Å². The number of hydrogen-bond donors (Lipinski definition) is 1. The van der Waals surface area contributed by atoms with E-state index in [9.17, 15) is 9.18 Å². The van der Waals surface area contributed by atoms with Crippen LogP contribution in [0.15, 0.2) is 36.7 Å². The Morgan fingerprint density at radius 1 is 1.15 bits per heavy atom. The number of hydrogen-bond acceptors (Lipinski definition) is 6. The summed E-state index contributed by atoms with van der Waals surface area (Å²) in [4.78, 5) is 24.8. The summed E-state index contributed by atoms with van der Waals surface area (Å²) in [5.41, 5.74) is 1.35. The highest BCUT2D eigenvalue weighted by atomic mass is 19.1. The highest BCUT2D eigenvalue weighted by Gasteiger charge is 2.19. The van der Waals surface area contributed by atoms with Crippen molar-refractivity contribution in [2.45, 2.75) is 0 Å². The van der Waals surface area contributed by atoms with Crippen LogP contribution in [0.1, 0.15) is 10.5 Å². The number of amides is 1. The van der Waals surface area contributed by atoms with E-state index < -0.39 is 0 Å². The van der Waals surface area contributed by atoms with Gasteiger partial charge in [0.1, 0.15) is 23.7 Å². The van der Waals surface area contributed by atoms with Gasteiger partial charge in [0.2, 0.25) is 0 Å². The van der Waals surface area contributed by atoms with Crippen LogP contribution in [0, 0.1) is 5.82 Å². The number of piperazine rings is 1. The Balaban J connectivity index is 1.59. The Labute approximate surface area is 151 Å². The molecule has 0 atom stereocenters. The van der Waals surface area contributed by atoms with Gasteiger partial charge < -0.3 is 19.9 Å². The van der Waals surface area contributed by atoms with Gasteiger partial charge in [-0.25, -0.2) is 14.4 Å². The second kappa shape index (κ2) is 8.57. The second-order valence-electron chi connectivity index (χ2n) is 5.96. The SMILES string of the molecule is COCCNC(=O)c1cc(N2CCN(c3ccc(F)cc3)CC2)ncn1. The van der Waals surface area contributed by atoms with Crippen LogP contribution in [0.5, 0.6) is 0 Å². The van der Waals surface area contributed by atoms with Crippen LogP contribution in [-0.4, -0.2) is 62.3 Å². The van der Waals surface area contributed by atoms with Gasteiger partial charge in [-0.05, 0) is 24.3 Å². The number of carbonyl (C=O) groups excluding carboxylic acids is 1. The van der Waals surface area contributed by atoms with E-state index in [2.05, 4.69) is 25.1 Å². The summed E-state index contributed by atoms with van der Waals surface area (Å²) in [5, 5.41) is 2.75. The molecule has 1 aromatic heterocycles. The average molecular weight is 359 g/mol. The number of methoxy groups -OCH3 is 1. The largest absolute Gasteiger partial charge is 0.383 e. The lowest BCUT2D eigenvalue weighted by Gasteiger charge is -2.36. The highest BCUT2D eigenvalue weighted by molar-refractivity contribution is 5.92. The number of carbonyl (C=O) groups is 1. The van der Waals surface area contributed by atoms with E-state index in [0.29, 0.717) is 18.8 Å². The Morgan fingerprint density at radius 2 is 1.85 bits per heavy atom. The van der Waals surface area contributed by atoms with Crippen molar-refractivity contribution in [1.29, 1.82) is 0 Å². The molecule has 0 saturated carbocycles. The Hall–Kier alpha value is -2.74. The van der Waals surface area contributed by atoms with Crippen molar-refractivity contribution >= 4 is 17.4 Å². The molecule has 0 radical (unpaired) electrons. The number of anilines is 2. The Bertz CT molecular complexity index is 733. The molecule has 1 aromatic carbocycles. The Morgan fingerprint density at radius 3 is 2.54 bits per heavy atom. The van der Waals surface area contributed by atoms with E-state index in [-0.39, 0.29) is 11.7 Å². The number of nitrogens with zero attached hydrogens (tertiary/aromatic N) is 4. The number of nitrogens with one attached hydrogen (secondary N) is 1. The molecular weight excluding hydrogens is 337 g/mol. The molecule has 1 aliphatic rings. The van der Waals surface area contributed by atoms with Crippen LogP contribution in [0.3, 0.4) is 0 Å². The number of rotatable bonds is 6. The fourth-order valence-electron chi connectivity index (χ4n) is 2.85. The molecule has 7 nitrogen and oxygen atoms in total. The molecule has 138 valence electrons. The monoisotopic (exact) mass is 359 g/mol. The third-order valence-corrected chi connectivity index (χ3v) is 4.27. The van der Waals surface area contributed by atoms with Gasteiger partial charge in [-0.1, -0.05) is 0 Å². The molecule has 1 N–H and O–H groups in total. The first-order chi connectivity index (χ1) is 12.7. The smallest absolute Gasteiger partial charge is 0.270 e. The van der Waals surface area contributed by atoms with Crippen LogP contribution in [-0.2, 0) is 4.74 Å². The van der Waals surface area contributed by atoms with E-state index in [4.69, 9.17) is 4.74 Å². The van der Waals surface area contributed by atoms with Gasteiger partial charge in [-0.2, -0.15) is 0 Å². The van der Waals surface area contributed by atoms with Crippen molar-refractivity contribution < 1.29 is 13.9 Å². The summed E-state index contributed by atoms with van der Waals surface area (Å²) < 4.78 is 18.0. The average Bonchev–Trinajstić information content (AvgIpc) is 2.69. The van der Waals surface area contributed by atoms with Gasteiger partial charge in [-0.3, -0.25) is 4.79 Å². The van der Waals surface area contributed by atoms with Gasteiger partial charge in [-0.15, -0.1) is 0 Å². The van der Waals surface area contributed by atoms with Gasteiger partial charge in [0.15, 0.2) is 0 Å². The van der Waals surface area contributed by atoms with Gasteiger partial charge in [0.05, 0.1) is 6.61 Å². The zero-order valence-corrected chi connectivity index (χ0v) is 14.7. The van der Waals surface area contributed by atoms with Crippen molar-refractivity contribution in [2.24, 2.45) is 0 Å². The van der Waals surface area contributed by atoms with Crippen molar-refractivity contribution in [3.8, 4) is 0 Å². The lowest BCUT2D eigenvalue weighted by atomic mass is 10.2. The molecule has 0 spiro atoms. The summed E-state index contributed by atoms with van der Waals surface area (Å²) in [6.45, 7) is 4.01. The normalized spacial score (nSPS) is 14.4. The minimum Gasteiger partial charge on any atom is -0.383 e. The van der Waals surface area contributed by atoms with Crippen molar-refractivity contribution in [3.05, 3.63) is 48.2 Å². The minimum atomic E-state index is -0.240. The molecule has 0 unspecified atom stereocenters. The summed E-state index contributed by atoms with van der Waals surface area (Å²) in [5.74, 6) is 0.260. The number of benzene rings is 1. The molecule has 3 rings (SSSR count). The van der Waals surface area contributed by atoms with E-state index in [1.807, 2.05) is 0 Å². The maximum Gasteiger partial charge on any atom is 0.270 e. The molecule has 1 aliphatic heterocycles. The molecule has 26 heavy (non-hydrogen) atoms. The maximum absolute atomic E-state index is 13.1. The molecular formula is C18H22FN5O2. The van der Waals surface area contributed by atoms with Gasteiger partial charge >= 0.3 is 0 Å². The quantitative estimate of drug-likeness (QED) is 0.785. The lowest BCUT2D eigenvalue weighted by Crippen LogP contribution is -2.47. The second-order valence-corrected chi connectivity index (χ2v) is 5.96. The lowest BCUT2D eigenvalue weighted by molar-refractivity contribution is 0.0932. The fraction of sp³-hybridized carbons (Fsp3) is 0.389. The molecule has 0 bridgehead atoms. The molecule has 0 aliphatic carbocycles. The van der Waals surface area contributed by atoms with Gasteiger partial charge in [0, 0.05) is 51.6 Å². The first-order valence-corrected chi connectivity index (χ1v) is 8.52. The predicted molar refractivity (Wildman–Crippen MR) is 97.1 cm³/mol. The molecule has 1 amide bonds. The summed E-state index contributed by atoms with van der Waals surface area (Å²) in [6.07, 6.45) is 1.41. The van der Waals surface area contributed by atoms with E-state index >= 15 is 0 Å².